The highest BCUT2D eigenvalue weighted by molar-refractivity contribution is 6.31. The number of halogens is 1. The van der Waals surface area contributed by atoms with Crippen molar-refractivity contribution in [2.75, 3.05) is 5.32 Å². The van der Waals surface area contributed by atoms with Crippen LogP contribution in [0.2, 0.25) is 5.02 Å². The van der Waals surface area contributed by atoms with Crippen LogP contribution >= 0.6 is 11.6 Å². The van der Waals surface area contributed by atoms with Crippen molar-refractivity contribution in [1.82, 2.24) is 10.3 Å². The van der Waals surface area contributed by atoms with Gasteiger partial charge in [-0.05, 0) is 36.8 Å². The first-order valence-corrected chi connectivity index (χ1v) is 8.80. The van der Waals surface area contributed by atoms with Gasteiger partial charge < -0.3 is 10.6 Å². The highest BCUT2D eigenvalue weighted by Gasteiger charge is 2.17. The zero-order valence-corrected chi connectivity index (χ0v) is 15.4. The van der Waals surface area contributed by atoms with Crippen molar-refractivity contribution in [1.29, 1.82) is 0 Å². The van der Waals surface area contributed by atoms with Crippen LogP contribution < -0.4 is 10.6 Å². The smallest absolute Gasteiger partial charge is 0.274 e. The summed E-state index contributed by atoms with van der Waals surface area (Å²) in [6.07, 6.45) is 1.46. The van der Waals surface area contributed by atoms with E-state index in [4.69, 9.17) is 11.6 Å². The molecule has 0 saturated heterocycles. The summed E-state index contributed by atoms with van der Waals surface area (Å²) in [6.45, 7) is 1.91. The van der Waals surface area contributed by atoms with E-state index in [2.05, 4.69) is 15.6 Å². The third-order valence-corrected chi connectivity index (χ3v) is 4.26. The topological polar surface area (TPSA) is 71.1 Å². The summed E-state index contributed by atoms with van der Waals surface area (Å²) in [5.74, 6) is -0.713. The lowest BCUT2D eigenvalue weighted by atomic mass is 10.1. The van der Waals surface area contributed by atoms with Gasteiger partial charge >= 0.3 is 0 Å². The average molecular weight is 380 g/mol. The largest absolute Gasteiger partial charge is 0.345 e. The summed E-state index contributed by atoms with van der Waals surface area (Å²) in [5, 5.41) is 6.09. The second-order valence-electron chi connectivity index (χ2n) is 5.96. The van der Waals surface area contributed by atoms with Crippen LogP contribution in [0.1, 0.15) is 39.4 Å². The van der Waals surface area contributed by atoms with E-state index in [0.29, 0.717) is 16.3 Å². The number of nitrogens with one attached hydrogen (secondary N) is 2. The predicted octanol–water partition coefficient (Wildman–Crippen LogP) is 4.48. The number of aromatic nitrogens is 1. The molecule has 0 aliphatic rings. The van der Waals surface area contributed by atoms with Gasteiger partial charge in [0, 0.05) is 11.2 Å². The normalized spacial score (nSPS) is 11.5. The highest BCUT2D eigenvalue weighted by atomic mass is 35.5. The number of hydrogen-bond acceptors (Lipinski definition) is 3. The van der Waals surface area contributed by atoms with Gasteiger partial charge in [-0.25, -0.2) is 0 Å². The molecule has 1 aromatic heterocycles. The first-order chi connectivity index (χ1) is 13.0. The number of amides is 2. The van der Waals surface area contributed by atoms with Gasteiger partial charge in [0.1, 0.15) is 5.69 Å². The van der Waals surface area contributed by atoms with Gasteiger partial charge in [0.25, 0.3) is 11.8 Å². The fraction of sp³-hybridized carbons (Fsp3) is 0.0952. The Bertz CT molecular complexity index is 960. The van der Waals surface area contributed by atoms with Gasteiger partial charge in [-0.3, -0.25) is 14.6 Å². The molecule has 0 fully saturated rings. The van der Waals surface area contributed by atoms with Crippen molar-refractivity contribution in [3.63, 3.8) is 0 Å². The first-order valence-electron chi connectivity index (χ1n) is 8.42. The van der Waals surface area contributed by atoms with Crippen LogP contribution in [-0.2, 0) is 0 Å². The summed E-state index contributed by atoms with van der Waals surface area (Å²) in [5.41, 5.74) is 1.95. The SMILES string of the molecule is CC(NC(=O)c1ccccc1NC(=O)c1cc(Cl)ccn1)c1ccccc1. The van der Waals surface area contributed by atoms with Crippen molar-refractivity contribution in [2.45, 2.75) is 13.0 Å². The Morgan fingerprint density at radius 2 is 1.67 bits per heavy atom. The van der Waals surface area contributed by atoms with Crippen LogP contribution in [0, 0.1) is 0 Å². The van der Waals surface area contributed by atoms with Crippen LogP contribution in [0.4, 0.5) is 5.69 Å². The van der Waals surface area contributed by atoms with Gasteiger partial charge in [0.05, 0.1) is 17.3 Å². The molecule has 1 unspecified atom stereocenters. The number of hydrogen-bond donors (Lipinski definition) is 2. The van der Waals surface area contributed by atoms with Crippen molar-refractivity contribution >= 4 is 29.1 Å². The van der Waals surface area contributed by atoms with E-state index in [-0.39, 0.29) is 17.6 Å². The van der Waals surface area contributed by atoms with Crippen LogP contribution in [0.3, 0.4) is 0 Å². The number of rotatable bonds is 5. The Labute approximate surface area is 162 Å². The molecule has 0 aliphatic carbocycles. The standard InChI is InChI=1S/C21H18ClN3O2/c1-14(15-7-3-2-4-8-15)24-20(26)17-9-5-6-10-18(17)25-21(27)19-13-16(22)11-12-23-19/h2-14H,1H3,(H,24,26)(H,25,27). The molecule has 5 nitrogen and oxygen atoms in total. The molecule has 0 aliphatic heterocycles. The summed E-state index contributed by atoms with van der Waals surface area (Å²) in [4.78, 5) is 29.1. The van der Waals surface area contributed by atoms with E-state index < -0.39 is 5.91 Å². The lowest BCUT2D eigenvalue weighted by Gasteiger charge is -2.16. The number of para-hydroxylation sites is 1. The highest BCUT2D eigenvalue weighted by Crippen LogP contribution is 2.19. The maximum Gasteiger partial charge on any atom is 0.274 e. The number of pyridine rings is 1. The number of carbonyl (C=O) groups excluding carboxylic acids is 2. The average Bonchev–Trinajstić information content (AvgIpc) is 2.69. The van der Waals surface area contributed by atoms with Crippen LogP contribution in [0.5, 0.6) is 0 Å². The zero-order chi connectivity index (χ0) is 19.2. The van der Waals surface area contributed by atoms with Gasteiger partial charge in [-0.15, -0.1) is 0 Å². The maximum atomic E-state index is 12.7. The monoisotopic (exact) mass is 379 g/mol. The minimum atomic E-state index is -0.436. The summed E-state index contributed by atoms with van der Waals surface area (Å²) < 4.78 is 0. The molecule has 2 aromatic carbocycles. The van der Waals surface area contributed by atoms with Gasteiger partial charge in [0.15, 0.2) is 0 Å². The Balaban J connectivity index is 1.77. The fourth-order valence-corrected chi connectivity index (χ4v) is 2.76. The molecule has 1 heterocycles. The molecule has 2 N–H and O–H groups in total. The van der Waals surface area contributed by atoms with Crippen molar-refractivity contribution < 1.29 is 9.59 Å². The van der Waals surface area contributed by atoms with Gasteiger partial charge in [-0.1, -0.05) is 54.1 Å². The Hall–Kier alpha value is -3.18. The number of nitrogens with zero attached hydrogens (tertiary/aromatic N) is 1. The van der Waals surface area contributed by atoms with Gasteiger partial charge in [-0.2, -0.15) is 0 Å². The molecule has 27 heavy (non-hydrogen) atoms. The van der Waals surface area contributed by atoms with E-state index >= 15 is 0 Å². The van der Waals surface area contributed by atoms with E-state index in [1.165, 1.54) is 12.3 Å². The van der Waals surface area contributed by atoms with Crippen LogP contribution in [0.25, 0.3) is 0 Å². The molecule has 136 valence electrons. The number of carbonyl (C=O) groups is 2. The lowest BCUT2D eigenvalue weighted by Crippen LogP contribution is -2.28. The van der Waals surface area contributed by atoms with Gasteiger partial charge in [0.2, 0.25) is 0 Å². The van der Waals surface area contributed by atoms with Crippen LogP contribution in [0.15, 0.2) is 72.9 Å². The molecule has 0 radical (unpaired) electrons. The summed E-state index contributed by atoms with van der Waals surface area (Å²) >= 11 is 5.91. The molecule has 0 bridgehead atoms. The molecular formula is C21H18ClN3O2. The van der Waals surface area contributed by atoms with E-state index in [9.17, 15) is 9.59 Å². The minimum Gasteiger partial charge on any atom is -0.345 e. The summed E-state index contributed by atoms with van der Waals surface area (Å²) in [7, 11) is 0. The van der Waals surface area contributed by atoms with E-state index in [1.54, 1.807) is 30.3 Å². The fourth-order valence-electron chi connectivity index (χ4n) is 2.60. The number of benzene rings is 2. The molecule has 3 rings (SSSR count). The van der Waals surface area contributed by atoms with Crippen molar-refractivity contribution in [3.8, 4) is 0 Å². The third kappa shape index (κ3) is 4.71. The number of anilines is 1. The quantitative estimate of drug-likeness (QED) is 0.686. The zero-order valence-electron chi connectivity index (χ0n) is 14.6. The maximum absolute atomic E-state index is 12.7. The molecule has 3 aromatic rings. The minimum absolute atomic E-state index is 0.169. The van der Waals surface area contributed by atoms with E-state index in [1.807, 2.05) is 37.3 Å². The Kier molecular flexibility index (Phi) is 5.84. The van der Waals surface area contributed by atoms with E-state index in [0.717, 1.165) is 5.56 Å². The predicted molar refractivity (Wildman–Crippen MR) is 106 cm³/mol. The molecule has 1 atom stereocenters. The molecule has 6 heteroatoms. The Morgan fingerprint density at radius 1 is 0.963 bits per heavy atom. The van der Waals surface area contributed by atoms with Crippen molar-refractivity contribution in [2.24, 2.45) is 0 Å². The summed E-state index contributed by atoms with van der Waals surface area (Å²) in [6, 6.07) is 19.4. The second-order valence-corrected chi connectivity index (χ2v) is 6.40. The Morgan fingerprint density at radius 3 is 2.41 bits per heavy atom. The molecule has 0 spiro atoms. The lowest BCUT2D eigenvalue weighted by molar-refractivity contribution is 0.0941. The molecular weight excluding hydrogens is 362 g/mol. The van der Waals surface area contributed by atoms with Crippen LogP contribution in [-0.4, -0.2) is 16.8 Å². The second kappa shape index (κ2) is 8.47. The first kappa shape index (κ1) is 18.6. The molecule has 2 amide bonds. The van der Waals surface area contributed by atoms with Crippen molar-refractivity contribution in [3.05, 3.63) is 94.8 Å². The molecule has 0 saturated carbocycles. The third-order valence-electron chi connectivity index (χ3n) is 4.02.